The van der Waals surface area contributed by atoms with E-state index in [0.29, 0.717) is 21.4 Å². The number of nitrogens with zero attached hydrogens (tertiary/aromatic N) is 1. The van der Waals surface area contributed by atoms with Gasteiger partial charge in [0.05, 0.1) is 22.2 Å². The minimum atomic E-state index is -1.05. The molecule has 1 aromatic heterocycles. The van der Waals surface area contributed by atoms with Gasteiger partial charge in [-0.3, -0.25) is 19.4 Å². The Bertz CT molecular complexity index is 1240. The van der Waals surface area contributed by atoms with Gasteiger partial charge in [0.15, 0.2) is 0 Å². The molecule has 2 amide bonds. The number of fused-ring (bicyclic) bond motifs is 1. The molecular weight excluding hydrogens is 465 g/mol. The van der Waals surface area contributed by atoms with E-state index in [1.54, 1.807) is 30.3 Å². The van der Waals surface area contributed by atoms with E-state index in [9.17, 15) is 14.4 Å². The summed E-state index contributed by atoms with van der Waals surface area (Å²) in [7, 11) is 0. The first-order valence-electron chi connectivity index (χ1n) is 9.03. The van der Waals surface area contributed by atoms with Crippen LogP contribution in [0.5, 0.6) is 0 Å². The van der Waals surface area contributed by atoms with E-state index in [-0.39, 0.29) is 28.8 Å². The molecule has 0 saturated heterocycles. The number of anilines is 4. The van der Waals surface area contributed by atoms with Crippen molar-refractivity contribution in [3.05, 3.63) is 73.4 Å². The Kier molecular flexibility index (Phi) is 5.86. The summed E-state index contributed by atoms with van der Waals surface area (Å²) in [5, 5.41) is 9.31. The molecule has 0 saturated carbocycles. The van der Waals surface area contributed by atoms with Gasteiger partial charge in [0.1, 0.15) is 5.82 Å². The fraction of sp³-hybridized carbons (Fsp3) is 0.100. The number of benzene rings is 2. The van der Waals surface area contributed by atoms with Crippen LogP contribution in [0.3, 0.4) is 0 Å². The van der Waals surface area contributed by atoms with Crippen molar-refractivity contribution in [3.63, 3.8) is 0 Å². The molecule has 1 aliphatic heterocycles. The summed E-state index contributed by atoms with van der Waals surface area (Å²) >= 11 is 17.8. The normalized spacial score (nSPS) is 15.1. The van der Waals surface area contributed by atoms with Crippen molar-refractivity contribution in [2.24, 2.45) is 0 Å². The van der Waals surface area contributed by atoms with Crippen molar-refractivity contribution in [1.82, 2.24) is 9.97 Å². The maximum Gasteiger partial charge on any atom is 0.258 e. The van der Waals surface area contributed by atoms with Gasteiger partial charge in [-0.05, 0) is 42.5 Å². The highest BCUT2D eigenvalue weighted by Gasteiger charge is 2.35. The number of carbonyl (C=O) groups is 2. The quantitative estimate of drug-likeness (QED) is 0.439. The zero-order valence-electron chi connectivity index (χ0n) is 15.6. The van der Waals surface area contributed by atoms with Gasteiger partial charge >= 0.3 is 0 Å². The molecule has 0 spiro atoms. The molecular formula is C20H14Cl3N5O3. The number of carbonyl (C=O) groups excluding carboxylic acids is 2. The number of hydrogen-bond donors (Lipinski definition) is 4. The second-order valence-corrected chi connectivity index (χ2v) is 8.01. The summed E-state index contributed by atoms with van der Waals surface area (Å²) in [5.41, 5.74) is 0.447. The maximum absolute atomic E-state index is 12.9. The van der Waals surface area contributed by atoms with Crippen molar-refractivity contribution >= 4 is 69.8 Å². The second kappa shape index (κ2) is 8.58. The predicted octanol–water partition coefficient (Wildman–Crippen LogP) is 4.54. The number of hydrogen-bond acceptors (Lipinski definition) is 5. The number of rotatable bonds is 4. The standard InChI is InChI=1S/C20H14Cl3N5O3/c21-9-1-4-11(5-2-9)24-20-27-17-16(19(31)28-20)12(8-15(29)26-17)18(30)25-14-6-3-10(22)7-13(14)23/h1-7,12H,8H2,(H,25,30)(H3,24,26,27,28,29,31)/t12-/m1/s1. The lowest BCUT2D eigenvalue weighted by Gasteiger charge is -2.24. The van der Waals surface area contributed by atoms with Crippen molar-refractivity contribution in [2.75, 3.05) is 16.0 Å². The molecule has 0 radical (unpaired) electrons. The molecule has 4 N–H and O–H groups in total. The lowest BCUT2D eigenvalue weighted by Crippen LogP contribution is -2.36. The van der Waals surface area contributed by atoms with E-state index in [1.165, 1.54) is 12.1 Å². The molecule has 158 valence electrons. The highest BCUT2D eigenvalue weighted by molar-refractivity contribution is 6.36. The van der Waals surface area contributed by atoms with Crippen molar-refractivity contribution in [3.8, 4) is 0 Å². The van der Waals surface area contributed by atoms with Gasteiger partial charge in [0.25, 0.3) is 5.56 Å². The fourth-order valence-electron chi connectivity index (χ4n) is 3.14. The van der Waals surface area contributed by atoms with Crippen LogP contribution in [0.4, 0.5) is 23.1 Å². The Labute approximate surface area is 190 Å². The molecule has 8 nitrogen and oxygen atoms in total. The summed E-state index contributed by atoms with van der Waals surface area (Å²) in [6.07, 6.45) is -0.210. The third kappa shape index (κ3) is 4.66. The van der Waals surface area contributed by atoms with Gasteiger partial charge in [-0.15, -0.1) is 0 Å². The van der Waals surface area contributed by atoms with E-state index in [2.05, 4.69) is 25.9 Å². The van der Waals surface area contributed by atoms with Gasteiger partial charge in [0.2, 0.25) is 17.8 Å². The average molecular weight is 479 g/mol. The van der Waals surface area contributed by atoms with Crippen molar-refractivity contribution in [2.45, 2.75) is 12.3 Å². The number of aromatic amines is 1. The molecule has 0 aliphatic carbocycles. The van der Waals surface area contributed by atoms with Crippen LogP contribution in [0.2, 0.25) is 15.1 Å². The van der Waals surface area contributed by atoms with E-state index in [4.69, 9.17) is 34.8 Å². The zero-order chi connectivity index (χ0) is 22.1. The van der Waals surface area contributed by atoms with Crippen LogP contribution in [0.1, 0.15) is 17.9 Å². The molecule has 2 aromatic carbocycles. The molecule has 1 atom stereocenters. The van der Waals surface area contributed by atoms with Gasteiger partial charge in [-0.25, -0.2) is 0 Å². The zero-order valence-corrected chi connectivity index (χ0v) is 17.9. The first-order valence-corrected chi connectivity index (χ1v) is 10.2. The number of amides is 2. The highest BCUT2D eigenvalue weighted by Crippen LogP contribution is 2.32. The largest absolute Gasteiger partial charge is 0.326 e. The second-order valence-electron chi connectivity index (χ2n) is 6.73. The monoisotopic (exact) mass is 477 g/mol. The number of H-pyrrole nitrogens is 1. The number of nitrogens with one attached hydrogen (secondary N) is 4. The van der Waals surface area contributed by atoms with Crippen LogP contribution >= 0.6 is 34.8 Å². The molecule has 4 rings (SSSR count). The van der Waals surface area contributed by atoms with Crippen LogP contribution in [0.25, 0.3) is 0 Å². The van der Waals surface area contributed by atoms with Crippen LogP contribution in [0, 0.1) is 0 Å². The minimum Gasteiger partial charge on any atom is -0.326 e. The summed E-state index contributed by atoms with van der Waals surface area (Å²) in [6, 6.07) is 11.3. The smallest absolute Gasteiger partial charge is 0.258 e. The average Bonchev–Trinajstić information content (AvgIpc) is 2.71. The Morgan fingerprint density at radius 1 is 1.03 bits per heavy atom. The topological polar surface area (TPSA) is 116 Å². The predicted molar refractivity (Wildman–Crippen MR) is 121 cm³/mol. The molecule has 1 aliphatic rings. The highest BCUT2D eigenvalue weighted by atomic mass is 35.5. The molecule has 3 aromatic rings. The maximum atomic E-state index is 12.9. The number of halogens is 3. The van der Waals surface area contributed by atoms with Crippen LogP contribution in [0.15, 0.2) is 47.3 Å². The summed E-state index contributed by atoms with van der Waals surface area (Å²) in [5.74, 6) is -1.93. The molecule has 0 bridgehead atoms. The van der Waals surface area contributed by atoms with Crippen molar-refractivity contribution in [1.29, 1.82) is 0 Å². The van der Waals surface area contributed by atoms with E-state index >= 15 is 0 Å². The first kappa shape index (κ1) is 21.2. The fourth-order valence-corrected chi connectivity index (χ4v) is 3.72. The van der Waals surface area contributed by atoms with Crippen molar-refractivity contribution < 1.29 is 9.59 Å². The van der Waals surface area contributed by atoms with E-state index in [0.717, 1.165) is 0 Å². The van der Waals surface area contributed by atoms with Gasteiger partial charge in [0, 0.05) is 22.2 Å². The van der Waals surface area contributed by atoms with Gasteiger partial charge in [-0.2, -0.15) is 4.98 Å². The van der Waals surface area contributed by atoms with Gasteiger partial charge in [-0.1, -0.05) is 34.8 Å². The number of aromatic nitrogens is 2. The molecule has 0 fully saturated rings. The molecule has 2 heterocycles. The Hall–Kier alpha value is -3.07. The third-order valence-electron chi connectivity index (χ3n) is 4.56. The van der Waals surface area contributed by atoms with E-state index in [1.807, 2.05) is 0 Å². The lowest BCUT2D eigenvalue weighted by atomic mass is 9.92. The summed E-state index contributed by atoms with van der Waals surface area (Å²) in [6.45, 7) is 0. The minimum absolute atomic E-state index is 0.0128. The SMILES string of the molecule is O=C1C[C@@H](C(=O)Nc2ccc(Cl)cc2Cl)c2c(nc(Nc3ccc(Cl)cc3)[nH]c2=O)N1. The van der Waals surface area contributed by atoms with Crippen LogP contribution in [-0.4, -0.2) is 21.8 Å². The van der Waals surface area contributed by atoms with Gasteiger partial charge < -0.3 is 16.0 Å². The van der Waals surface area contributed by atoms with Crippen LogP contribution in [-0.2, 0) is 9.59 Å². The van der Waals surface area contributed by atoms with Crippen LogP contribution < -0.4 is 21.5 Å². The summed E-state index contributed by atoms with van der Waals surface area (Å²) in [4.78, 5) is 44.7. The third-order valence-corrected chi connectivity index (χ3v) is 5.36. The molecule has 11 heteroatoms. The lowest BCUT2D eigenvalue weighted by molar-refractivity contribution is -0.123. The first-order chi connectivity index (χ1) is 14.8. The molecule has 31 heavy (non-hydrogen) atoms. The Balaban J connectivity index is 1.64. The Morgan fingerprint density at radius 3 is 2.45 bits per heavy atom. The molecule has 0 unspecified atom stereocenters. The van der Waals surface area contributed by atoms with E-state index < -0.39 is 23.3 Å². The summed E-state index contributed by atoms with van der Waals surface area (Å²) < 4.78 is 0. The Morgan fingerprint density at radius 2 is 1.74 bits per heavy atom.